The molecule has 0 amide bonds. The molecule has 2 rings (SSSR count). The summed E-state index contributed by atoms with van der Waals surface area (Å²) in [5, 5.41) is 9.90. The lowest BCUT2D eigenvalue weighted by atomic mass is 9.74. The Hall–Kier alpha value is -2.72. The summed E-state index contributed by atoms with van der Waals surface area (Å²) in [5.41, 5.74) is -1.81. The summed E-state index contributed by atoms with van der Waals surface area (Å²) in [4.78, 5) is 29.4. The van der Waals surface area contributed by atoms with E-state index in [4.69, 9.17) is 14.2 Å². The van der Waals surface area contributed by atoms with Gasteiger partial charge in [0, 0.05) is 24.8 Å². The minimum absolute atomic E-state index is 0.0203. The Labute approximate surface area is 183 Å². The molecule has 32 heavy (non-hydrogen) atoms. The molecule has 1 N–H and O–H groups in total. The topological polar surface area (TPSA) is 94.4 Å². The number of ether oxygens (including phenoxy) is 3. The second-order valence-electron chi connectivity index (χ2n) is 6.89. The Morgan fingerprint density at radius 2 is 1.69 bits per heavy atom. The molecule has 0 aromatic heterocycles. The molecular formula is C22H26F3NO6. The van der Waals surface area contributed by atoms with Gasteiger partial charge in [0.2, 0.25) is 6.29 Å². The van der Waals surface area contributed by atoms with Crippen LogP contribution >= 0.6 is 0 Å². The first-order chi connectivity index (χ1) is 15.1. The van der Waals surface area contributed by atoms with E-state index in [1.165, 1.54) is 26.0 Å². The van der Waals surface area contributed by atoms with Gasteiger partial charge in [-0.25, -0.2) is 4.79 Å². The molecule has 0 fully saturated rings. The third-order valence-corrected chi connectivity index (χ3v) is 4.89. The van der Waals surface area contributed by atoms with E-state index in [1.54, 1.807) is 13.8 Å². The summed E-state index contributed by atoms with van der Waals surface area (Å²) in [7, 11) is 0. The zero-order chi connectivity index (χ0) is 24.1. The fourth-order valence-electron chi connectivity index (χ4n) is 3.70. The third kappa shape index (κ3) is 5.36. The van der Waals surface area contributed by atoms with E-state index in [1.807, 2.05) is 0 Å². The minimum Gasteiger partial charge on any atom is -0.481 e. The smallest absolute Gasteiger partial charge is 0.416 e. The van der Waals surface area contributed by atoms with Gasteiger partial charge in [0.15, 0.2) is 0 Å². The van der Waals surface area contributed by atoms with Crippen LogP contribution in [0.3, 0.4) is 0 Å². The summed E-state index contributed by atoms with van der Waals surface area (Å²) in [6.45, 7) is 6.51. The largest absolute Gasteiger partial charge is 0.481 e. The number of aliphatic carboxylic acids is 1. The van der Waals surface area contributed by atoms with Gasteiger partial charge in [0.1, 0.15) is 11.6 Å². The maximum Gasteiger partial charge on any atom is 0.416 e. The first kappa shape index (κ1) is 25.5. The summed E-state index contributed by atoms with van der Waals surface area (Å²) >= 11 is 0. The highest BCUT2D eigenvalue weighted by Gasteiger charge is 2.47. The summed E-state index contributed by atoms with van der Waals surface area (Å²) in [6, 6.07) is 4.56. The summed E-state index contributed by atoms with van der Waals surface area (Å²) in [5.74, 6) is -5.43. The van der Waals surface area contributed by atoms with Crippen LogP contribution in [-0.4, -0.2) is 48.9 Å². The zero-order valence-electron chi connectivity index (χ0n) is 18.2. The normalized spacial score (nSPS) is 19.2. The number of carbonyl (C=O) groups is 2. The predicted octanol–water partition coefficient (Wildman–Crippen LogP) is 4.18. The van der Waals surface area contributed by atoms with E-state index >= 15 is 0 Å². The van der Waals surface area contributed by atoms with E-state index in [2.05, 4.69) is 4.99 Å². The van der Waals surface area contributed by atoms with Gasteiger partial charge in [0.05, 0.1) is 17.7 Å². The lowest BCUT2D eigenvalue weighted by molar-refractivity contribution is -0.144. The first-order valence-corrected chi connectivity index (χ1v) is 10.2. The molecule has 1 heterocycles. The number of carboxylic acid groups (broad SMARTS) is 1. The molecular weight excluding hydrogens is 431 g/mol. The highest BCUT2D eigenvalue weighted by Crippen LogP contribution is 2.45. The van der Waals surface area contributed by atoms with Crippen molar-refractivity contribution >= 4 is 17.7 Å². The van der Waals surface area contributed by atoms with Crippen molar-refractivity contribution in [1.29, 1.82) is 0 Å². The number of carboxylic acids is 1. The van der Waals surface area contributed by atoms with E-state index in [0.29, 0.717) is 0 Å². The molecule has 7 nitrogen and oxygen atoms in total. The number of aliphatic imine (C=N–C) groups is 1. The third-order valence-electron chi connectivity index (χ3n) is 4.89. The van der Waals surface area contributed by atoms with Crippen LogP contribution in [0.4, 0.5) is 13.2 Å². The SMILES string of the molecule is CCOC(=O)C1=C(C(OCC)OCC)N=C(C)C(C(=O)O)C1c1ccccc1C(F)(F)F. The Morgan fingerprint density at radius 3 is 2.19 bits per heavy atom. The van der Waals surface area contributed by atoms with Gasteiger partial charge >= 0.3 is 18.1 Å². The molecule has 2 atom stereocenters. The average molecular weight is 457 g/mol. The number of benzene rings is 1. The van der Waals surface area contributed by atoms with Gasteiger partial charge in [-0.3, -0.25) is 9.79 Å². The van der Waals surface area contributed by atoms with Crippen molar-refractivity contribution in [3.8, 4) is 0 Å². The molecule has 1 aromatic carbocycles. The van der Waals surface area contributed by atoms with Gasteiger partial charge in [0.25, 0.3) is 0 Å². The zero-order valence-corrected chi connectivity index (χ0v) is 18.2. The lowest BCUT2D eigenvalue weighted by Crippen LogP contribution is -2.39. The van der Waals surface area contributed by atoms with E-state index in [0.717, 1.165) is 12.1 Å². The van der Waals surface area contributed by atoms with Gasteiger partial charge in [-0.2, -0.15) is 13.2 Å². The average Bonchev–Trinajstić information content (AvgIpc) is 2.72. The molecule has 1 aliphatic heterocycles. The number of alkyl halides is 3. The molecule has 0 aliphatic carbocycles. The van der Waals surface area contributed by atoms with E-state index in [9.17, 15) is 27.9 Å². The monoisotopic (exact) mass is 457 g/mol. The van der Waals surface area contributed by atoms with Crippen LogP contribution in [0.15, 0.2) is 40.5 Å². The number of halogens is 3. The summed E-state index contributed by atoms with van der Waals surface area (Å²) < 4.78 is 57.7. The lowest BCUT2D eigenvalue weighted by Gasteiger charge is -2.34. The van der Waals surface area contributed by atoms with Crippen LogP contribution < -0.4 is 0 Å². The molecule has 1 aromatic rings. The Balaban J connectivity index is 2.91. The molecule has 10 heteroatoms. The van der Waals surface area contributed by atoms with Crippen molar-refractivity contribution in [2.24, 2.45) is 10.9 Å². The fraction of sp³-hybridized carbons (Fsp3) is 0.500. The highest BCUT2D eigenvalue weighted by molar-refractivity contribution is 6.06. The number of carbonyl (C=O) groups excluding carboxylic acids is 1. The van der Waals surface area contributed by atoms with Gasteiger partial charge in [-0.05, 0) is 39.3 Å². The van der Waals surface area contributed by atoms with Crippen LogP contribution in [0.25, 0.3) is 0 Å². The number of nitrogens with zero attached hydrogens (tertiary/aromatic N) is 1. The molecule has 0 bridgehead atoms. The van der Waals surface area contributed by atoms with Crippen molar-refractivity contribution in [3.05, 3.63) is 46.7 Å². The molecule has 176 valence electrons. The first-order valence-electron chi connectivity index (χ1n) is 10.2. The Morgan fingerprint density at radius 1 is 1.09 bits per heavy atom. The van der Waals surface area contributed by atoms with Gasteiger partial charge < -0.3 is 19.3 Å². The molecule has 1 aliphatic rings. The van der Waals surface area contributed by atoms with Crippen LogP contribution in [0, 0.1) is 5.92 Å². The van der Waals surface area contributed by atoms with Gasteiger partial charge in [-0.1, -0.05) is 18.2 Å². The maximum absolute atomic E-state index is 13.8. The molecule has 0 saturated heterocycles. The second-order valence-corrected chi connectivity index (χ2v) is 6.89. The Bertz CT molecular complexity index is 903. The van der Waals surface area contributed by atoms with Crippen molar-refractivity contribution in [1.82, 2.24) is 0 Å². The second kappa shape index (κ2) is 10.7. The Kier molecular flexibility index (Phi) is 8.57. The number of rotatable bonds is 9. The summed E-state index contributed by atoms with van der Waals surface area (Å²) in [6.07, 6.45) is -5.96. The highest BCUT2D eigenvalue weighted by atomic mass is 19.4. The van der Waals surface area contributed by atoms with Crippen molar-refractivity contribution < 1.29 is 42.1 Å². The van der Waals surface area contributed by atoms with E-state index in [-0.39, 0.29) is 42.4 Å². The maximum atomic E-state index is 13.8. The predicted molar refractivity (Wildman–Crippen MR) is 109 cm³/mol. The molecule has 0 spiro atoms. The number of hydrogen-bond donors (Lipinski definition) is 1. The molecule has 2 unspecified atom stereocenters. The van der Waals surface area contributed by atoms with Crippen molar-refractivity contribution in [3.63, 3.8) is 0 Å². The number of esters is 1. The quantitative estimate of drug-likeness (QED) is 0.442. The fourth-order valence-corrected chi connectivity index (χ4v) is 3.70. The van der Waals surface area contributed by atoms with E-state index < -0.39 is 41.8 Å². The van der Waals surface area contributed by atoms with Crippen LogP contribution in [0.2, 0.25) is 0 Å². The van der Waals surface area contributed by atoms with Crippen LogP contribution in [-0.2, 0) is 30.0 Å². The van der Waals surface area contributed by atoms with Crippen molar-refractivity contribution in [2.75, 3.05) is 19.8 Å². The molecule has 0 saturated carbocycles. The van der Waals surface area contributed by atoms with Crippen LogP contribution in [0.1, 0.15) is 44.7 Å². The number of hydrogen-bond acceptors (Lipinski definition) is 6. The van der Waals surface area contributed by atoms with Crippen molar-refractivity contribution in [2.45, 2.75) is 46.1 Å². The standard InChI is InChI=1S/C22H26F3NO6/c1-5-30-20(29)17-16(13-10-8-9-11-14(13)22(23,24)25)15(19(27)28)12(4)26-18(17)21(31-6-2)32-7-3/h8-11,15-16,21H,5-7H2,1-4H3,(H,27,28). The van der Waals surface area contributed by atoms with Crippen LogP contribution in [0.5, 0.6) is 0 Å². The van der Waals surface area contributed by atoms with Gasteiger partial charge in [-0.15, -0.1) is 0 Å². The molecule has 0 radical (unpaired) electrons. The minimum atomic E-state index is -4.78.